The molecule has 0 fully saturated rings. The van der Waals surface area contributed by atoms with Crippen LogP contribution in [0.15, 0.2) is 30.3 Å². The number of benzene rings is 2. The maximum atomic E-state index is 12.6. The summed E-state index contributed by atoms with van der Waals surface area (Å²) < 4.78 is 15.9. The zero-order valence-corrected chi connectivity index (χ0v) is 16.1. The number of rotatable bonds is 6. The van der Waals surface area contributed by atoms with E-state index in [1.54, 1.807) is 37.4 Å². The van der Waals surface area contributed by atoms with Crippen LogP contribution in [0.4, 0.5) is 0 Å². The molecule has 4 nitrogen and oxygen atoms in total. The van der Waals surface area contributed by atoms with Crippen LogP contribution < -0.4 is 38.4 Å². The first-order chi connectivity index (χ1) is 11.0. The smallest absolute Gasteiger partial charge is 0.499 e. The SMILES string of the molecule is COc1cc(OC)c([P-]C(=O)c2c(Cl)cccc2Cl)c(OC)c1.[Li+]. The molecule has 0 heterocycles. The van der Waals surface area contributed by atoms with E-state index in [4.69, 9.17) is 37.4 Å². The molecular formula is C16H14Cl2LiO4P. The van der Waals surface area contributed by atoms with Gasteiger partial charge >= 0.3 is 18.9 Å². The molecule has 0 saturated heterocycles. The second-order valence-corrected chi connectivity index (χ2v) is 6.29. The molecule has 0 unspecified atom stereocenters. The van der Waals surface area contributed by atoms with E-state index in [2.05, 4.69) is 0 Å². The maximum Gasteiger partial charge on any atom is 1.00 e. The van der Waals surface area contributed by atoms with Crippen molar-refractivity contribution in [1.82, 2.24) is 0 Å². The summed E-state index contributed by atoms with van der Waals surface area (Å²) in [5, 5.41) is 1.19. The number of hydrogen-bond acceptors (Lipinski definition) is 4. The zero-order valence-electron chi connectivity index (χ0n) is 13.7. The normalized spacial score (nSPS) is 10.4. The fraction of sp³-hybridized carbons (Fsp3) is 0.188. The van der Waals surface area contributed by atoms with E-state index >= 15 is 0 Å². The van der Waals surface area contributed by atoms with Crippen LogP contribution in [-0.4, -0.2) is 26.9 Å². The van der Waals surface area contributed by atoms with Gasteiger partial charge in [-0.3, -0.25) is 0 Å². The first-order valence-corrected chi connectivity index (χ1v) is 8.17. The minimum atomic E-state index is -0.248. The molecule has 0 aliphatic carbocycles. The second-order valence-electron chi connectivity index (χ2n) is 4.39. The molecule has 24 heavy (non-hydrogen) atoms. The Hall–Kier alpha value is -0.883. The number of halogens is 2. The van der Waals surface area contributed by atoms with Crippen LogP contribution in [0.1, 0.15) is 10.4 Å². The molecule has 2 aromatic carbocycles. The summed E-state index contributed by atoms with van der Waals surface area (Å²) in [6.45, 7) is 0. The Morgan fingerprint density at radius 2 is 1.46 bits per heavy atom. The van der Waals surface area contributed by atoms with Gasteiger partial charge in [-0.1, -0.05) is 29.3 Å². The van der Waals surface area contributed by atoms with Gasteiger partial charge < -0.3 is 27.6 Å². The third-order valence-electron chi connectivity index (χ3n) is 3.08. The minimum absolute atomic E-state index is 0. The first-order valence-electron chi connectivity index (χ1n) is 6.52. The Bertz CT molecular complexity index is 695. The third-order valence-corrected chi connectivity index (χ3v) is 4.80. The molecule has 0 bridgehead atoms. The van der Waals surface area contributed by atoms with Crippen LogP contribution in [0.25, 0.3) is 0 Å². The summed E-state index contributed by atoms with van der Waals surface area (Å²) in [7, 11) is 4.91. The van der Waals surface area contributed by atoms with E-state index in [-0.39, 0.29) is 29.9 Å². The van der Waals surface area contributed by atoms with Gasteiger partial charge in [-0.2, -0.15) is 0 Å². The van der Waals surface area contributed by atoms with Gasteiger partial charge in [0.15, 0.2) is 0 Å². The topological polar surface area (TPSA) is 44.8 Å². The standard InChI is InChI=1S/C16H14Cl2O4P.Li/c1-20-9-7-12(21-2)15(13(8-9)22-3)23-16(19)14-10(17)5-4-6-11(14)18;/h4-8H,1-3H3;/q-1;+1. The van der Waals surface area contributed by atoms with E-state index in [0.717, 1.165) is 0 Å². The fourth-order valence-corrected chi connectivity index (χ4v) is 3.75. The number of methoxy groups -OCH3 is 3. The van der Waals surface area contributed by atoms with Crippen LogP contribution in [0.2, 0.25) is 10.0 Å². The predicted octanol–water partition coefficient (Wildman–Crippen LogP) is 1.44. The summed E-state index contributed by atoms with van der Waals surface area (Å²) in [5.74, 6) is 1.54. The Balaban J connectivity index is 0.00000288. The molecule has 0 aliphatic rings. The van der Waals surface area contributed by atoms with Crippen molar-refractivity contribution in [3.8, 4) is 17.2 Å². The van der Waals surface area contributed by atoms with Crippen LogP contribution in [0.5, 0.6) is 17.2 Å². The van der Waals surface area contributed by atoms with E-state index in [1.807, 2.05) is 0 Å². The summed E-state index contributed by atoms with van der Waals surface area (Å²) in [6, 6.07) is 8.31. The molecule has 0 aromatic heterocycles. The number of carbonyl (C=O) groups excluding carboxylic acids is 1. The monoisotopic (exact) mass is 378 g/mol. The number of ether oxygens (including phenoxy) is 3. The summed E-state index contributed by atoms with van der Waals surface area (Å²) in [4.78, 5) is 12.6. The Morgan fingerprint density at radius 1 is 0.958 bits per heavy atom. The molecule has 0 N–H and O–H groups in total. The summed E-state index contributed by atoms with van der Waals surface area (Å²) in [5.41, 5.74) is 0.0276. The van der Waals surface area contributed by atoms with Gasteiger partial charge in [0.05, 0.1) is 42.9 Å². The van der Waals surface area contributed by atoms with Gasteiger partial charge in [0.25, 0.3) is 0 Å². The van der Waals surface area contributed by atoms with E-state index in [0.29, 0.717) is 41.2 Å². The largest absolute Gasteiger partial charge is 1.00 e. The van der Waals surface area contributed by atoms with Crippen molar-refractivity contribution in [3.05, 3.63) is 45.9 Å². The maximum absolute atomic E-state index is 12.6. The van der Waals surface area contributed by atoms with Gasteiger partial charge in [0.2, 0.25) is 0 Å². The number of hydrogen-bond donors (Lipinski definition) is 0. The Kier molecular flexibility index (Phi) is 8.43. The molecule has 122 valence electrons. The van der Waals surface area contributed by atoms with Crippen molar-refractivity contribution in [1.29, 1.82) is 0 Å². The average Bonchev–Trinajstić information content (AvgIpc) is 2.54. The zero-order chi connectivity index (χ0) is 17.0. The fourth-order valence-electron chi connectivity index (χ4n) is 1.96. The van der Waals surface area contributed by atoms with E-state index in [1.165, 1.54) is 14.2 Å². The molecular weight excluding hydrogens is 365 g/mol. The summed E-state index contributed by atoms with van der Waals surface area (Å²) >= 11 is 12.2. The van der Waals surface area contributed by atoms with Crippen molar-refractivity contribution < 1.29 is 37.9 Å². The molecule has 0 amide bonds. The molecule has 0 aliphatic heterocycles. The van der Waals surface area contributed by atoms with Crippen LogP contribution in [-0.2, 0) is 0 Å². The first kappa shape index (κ1) is 21.2. The van der Waals surface area contributed by atoms with Crippen molar-refractivity contribution in [3.63, 3.8) is 0 Å². The van der Waals surface area contributed by atoms with E-state index in [9.17, 15) is 4.79 Å². The number of carbonyl (C=O) groups is 1. The van der Waals surface area contributed by atoms with Crippen LogP contribution in [0.3, 0.4) is 0 Å². The van der Waals surface area contributed by atoms with Gasteiger partial charge in [-0.15, -0.1) is 5.30 Å². The molecule has 0 saturated carbocycles. The molecule has 2 aromatic rings. The molecule has 0 radical (unpaired) electrons. The Labute approximate surface area is 164 Å². The van der Waals surface area contributed by atoms with Gasteiger partial charge in [-0.05, 0) is 12.1 Å². The third kappa shape index (κ3) is 4.60. The average molecular weight is 379 g/mol. The Morgan fingerprint density at radius 3 is 1.88 bits per heavy atom. The molecule has 0 spiro atoms. The van der Waals surface area contributed by atoms with Gasteiger partial charge in [0.1, 0.15) is 5.75 Å². The molecule has 2 rings (SSSR count). The van der Waals surface area contributed by atoms with Crippen molar-refractivity contribution in [2.45, 2.75) is 0 Å². The van der Waals surface area contributed by atoms with Crippen molar-refractivity contribution in [2.75, 3.05) is 21.3 Å². The van der Waals surface area contributed by atoms with Crippen molar-refractivity contribution >= 4 is 42.6 Å². The second kappa shape index (κ2) is 9.56. The van der Waals surface area contributed by atoms with Gasteiger partial charge in [0, 0.05) is 23.2 Å². The molecule has 8 heteroatoms. The van der Waals surface area contributed by atoms with Crippen LogP contribution >= 0.6 is 31.8 Å². The quantitative estimate of drug-likeness (QED) is 0.563. The van der Waals surface area contributed by atoms with Crippen molar-refractivity contribution in [2.24, 2.45) is 0 Å². The van der Waals surface area contributed by atoms with Gasteiger partial charge in [-0.25, -0.2) is 0 Å². The minimum Gasteiger partial charge on any atom is -0.499 e. The van der Waals surface area contributed by atoms with Crippen LogP contribution in [0, 0.1) is 0 Å². The molecule has 0 atom stereocenters. The summed E-state index contributed by atoms with van der Waals surface area (Å²) in [6.07, 6.45) is 0. The predicted molar refractivity (Wildman–Crippen MR) is 93.4 cm³/mol. The van der Waals surface area contributed by atoms with E-state index < -0.39 is 0 Å².